The average Bonchev–Trinajstić information content (AvgIpc) is 3.95. The second kappa shape index (κ2) is 19.7. The number of benzene rings is 2. The molecular weight excluding hydrogens is 819 g/mol. The highest BCUT2D eigenvalue weighted by Crippen LogP contribution is 2.40. The van der Waals surface area contributed by atoms with Gasteiger partial charge in [-0.25, -0.2) is 4.98 Å². The number of aromatic nitrogens is 2. The van der Waals surface area contributed by atoms with E-state index in [1.165, 1.54) is 4.90 Å². The molecule has 0 spiro atoms. The van der Waals surface area contributed by atoms with Gasteiger partial charge in [-0.3, -0.25) is 34.1 Å². The minimum Gasteiger partial charge on any atom is -0.495 e. The minimum absolute atomic E-state index is 0.0483. The number of carbonyl (C=O) groups is 6. The highest BCUT2D eigenvalue weighted by molar-refractivity contribution is 6.07. The third kappa shape index (κ3) is 9.52. The minimum atomic E-state index is -0.714. The van der Waals surface area contributed by atoms with Crippen molar-refractivity contribution in [3.05, 3.63) is 59.3 Å². The predicted octanol–water partition coefficient (Wildman–Crippen LogP) is 3.70. The summed E-state index contributed by atoms with van der Waals surface area (Å²) in [7, 11) is 3.35. The van der Waals surface area contributed by atoms with Gasteiger partial charge in [-0.1, -0.05) is 25.8 Å². The fraction of sp³-hybridized carbons (Fsp3) is 0.522. The number of amides is 6. The third-order valence-electron chi connectivity index (χ3n) is 13.3. The molecule has 0 radical (unpaired) electrons. The zero-order valence-electron chi connectivity index (χ0n) is 36.9. The van der Waals surface area contributed by atoms with Crippen LogP contribution in [0.25, 0.3) is 0 Å². The van der Waals surface area contributed by atoms with E-state index >= 15 is 0 Å². The molecule has 5 N–H and O–H groups in total. The fourth-order valence-corrected chi connectivity index (χ4v) is 9.72. The predicted molar refractivity (Wildman–Crippen MR) is 241 cm³/mol. The van der Waals surface area contributed by atoms with Crippen LogP contribution in [-0.4, -0.2) is 126 Å². The quantitative estimate of drug-likeness (QED) is 0.103. The lowest BCUT2D eigenvalue weighted by atomic mass is 10.0. The van der Waals surface area contributed by atoms with Gasteiger partial charge < -0.3 is 45.6 Å². The van der Waals surface area contributed by atoms with Crippen LogP contribution in [0.15, 0.2) is 42.6 Å². The van der Waals surface area contributed by atoms with E-state index in [0.717, 1.165) is 70.5 Å². The Morgan fingerprint density at radius 2 is 1.77 bits per heavy atom. The van der Waals surface area contributed by atoms with Crippen molar-refractivity contribution in [2.75, 3.05) is 67.3 Å². The first kappa shape index (κ1) is 44.5. The molecule has 1 aromatic heterocycles. The smallest absolute Gasteiger partial charge is 0.255 e. The third-order valence-corrected chi connectivity index (χ3v) is 13.3. The molecule has 4 aliphatic heterocycles. The summed E-state index contributed by atoms with van der Waals surface area (Å²) in [6, 6.07) is 9.80. The van der Waals surface area contributed by atoms with Gasteiger partial charge in [0.05, 0.1) is 19.0 Å². The molecule has 3 aromatic rings. The lowest BCUT2D eigenvalue weighted by Gasteiger charge is -2.43. The Bertz CT molecular complexity index is 2280. The van der Waals surface area contributed by atoms with E-state index in [1.807, 2.05) is 6.92 Å². The van der Waals surface area contributed by atoms with Crippen molar-refractivity contribution in [2.24, 2.45) is 0 Å². The molecule has 5 aliphatic rings. The molecule has 0 bridgehead atoms. The van der Waals surface area contributed by atoms with E-state index < -0.39 is 11.9 Å². The summed E-state index contributed by atoms with van der Waals surface area (Å²) < 4.78 is 5.71. The van der Waals surface area contributed by atoms with Crippen LogP contribution >= 0.6 is 0 Å². The maximum Gasteiger partial charge on any atom is 0.255 e. The highest BCUT2D eigenvalue weighted by Gasteiger charge is 2.42. The van der Waals surface area contributed by atoms with E-state index in [0.29, 0.717) is 71.3 Å². The van der Waals surface area contributed by atoms with Gasteiger partial charge in [0.25, 0.3) is 11.8 Å². The van der Waals surface area contributed by atoms with Crippen LogP contribution in [-0.2, 0) is 25.7 Å². The number of nitrogens with one attached hydrogen (secondary N) is 5. The molecule has 2 saturated heterocycles. The van der Waals surface area contributed by atoms with Gasteiger partial charge in [0.1, 0.15) is 23.5 Å². The van der Waals surface area contributed by atoms with Crippen molar-refractivity contribution in [3.8, 4) is 5.75 Å². The van der Waals surface area contributed by atoms with Crippen molar-refractivity contribution in [3.63, 3.8) is 0 Å². The normalized spacial score (nSPS) is 20.6. The largest absolute Gasteiger partial charge is 0.495 e. The number of likely N-dealkylation sites (N-methyl/N-ethyl adjacent to an activating group) is 1. The van der Waals surface area contributed by atoms with E-state index in [1.54, 1.807) is 61.7 Å². The van der Waals surface area contributed by atoms with Crippen molar-refractivity contribution in [2.45, 2.75) is 108 Å². The van der Waals surface area contributed by atoms with Gasteiger partial charge in [0.2, 0.25) is 29.6 Å². The first-order valence-corrected chi connectivity index (χ1v) is 22.7. The molecule has 18 heteroatoms. The number of methoxy groups -OCH3 is 1. The zero-order valence-corrected chi connectivity index (χ0v) is 36.9. The lowest BCUT2D eigenvalue weighted by molar-refractivity contribution is -0.137. The van der Waals surface area contributed by atoms with Gasteiger partial charge in [-0.2, -0.15) is 4.98 Å². The van der Waals surface area contributed by atoms with Gasteiger partial charge >= 0.3 is 0 Å². The number of fused-ring (bicyclic) bond motifs is 2. The summed E-state index contributed by atoms with van der Waals surface area (Å²) >= 11 is 0. The number of carbonyl (C=O) groups excluding carboxylic acids is 6. The number of anilines is 5. The summed E-state index contributed by atoms with van der Waals surface area (Å²) in [5.74, 6) is 0.292. The number of nitrogens with zero attached hydrogens (tertiary/aromatic N) is 6. The monoisotopic (exact) mass is 877 g/mol. The highest BCUT2D eigenvalue weighted by atomic mass is 16.5. The molecule has 2 atom stereocenters. The molecule has 5 heterocycles. The molecule has 1 saturated carbocycles. The maximum atomic E-state index is 13.4. The van der Waals surface area contributed by atoms with Gasteiger partial charge in [-0.15, -0.1) is 0 Å². The van der Waals surface area contributed by atoms with Crippen molar-refractivity contribution < 1.29 is 33.5 Å². The fourth-order valence-electron chi connectivity index (χ4n) is 9.72. The van der Waals surface area contributed by atoms with Crippen molar-refractivity contribution in [1.29, 1.82) is 0 Å². The number of likely N-dealkylation sites (tertiary alicyclic amines) is 1. The molecule has 6 amide bonds. The Labute approximate surface area is 373 Å². The van der Waals surface area contributed by atoms with Crippen LogP contribution in [0.4, 0.5) is 28.8 Å². The Balaban J connectivity index is 0.750. The van der Waals surface area contributed by atoms with E-state index in [2.05, 4.69) is 41.4 Å². The molecular formula is C46H59N11O7. The Morgan fingerprint density at radius 1 is 0.969 bits per heavy atom. The summed E-state index contributed by atoms with van der Waals surface area (Å²) in [6.45, 7) is 6.25. The molecule has 2 aromatic carbocycles. The van der Waals surface area contributed by atoms with Crippen LogP contribution < -0.4 is 41.1 Å². The molecule has 340 valence electrons. The number of ether oxygens (including phenoxy) is 1. The SMILES string of the molecule is CC[C@@H]1C(=O)N(C)c2cnc(Nc3ccc(C(=O)NC4CCN(CCNCCCC(=O)Nc5cccc6c5CN(C5CCC(=O)NC5=O)C6=O)CC4)cc3OC)nc2N1C1CCCC1. The van der Waals surface area contributed by atoms with E-state index in [9.17, 15) is 28.8 Å². The summed E-state index contributed by atoms with van der Waals surface area (Å²) in [6.07, 6.45) is 9.79. The number of hydrogen-bond donors (Lipinski definition) is 5. The molecule has 1 unspecified atom stereocenters. The Morgan fingerprint density at radius 3 is 2.52 bits per heavy atom. The first-order valence-electron chi connectivity index (χ1n) is 22.7. The van der Waals surface area contributed by atoms with Gasteiger partial charge in [0.15, 0.2) is 5.82 Å². The Kier molecular flexibility index (Phi) is 13.7. The van der Waals surface area contributed by atoms with Crippen molar-refractivity contribution in [1.82, 2.24) is 35.7 Å². The molecule has 8 rings (SSSR count). The number of rotatable bonds is 16. The van der Waals surface area contributed by atoms with Crippen LogP contribution in [0, 0.1) is 0 Å². The van der Waals surface area contributed by atoms with Crippen LogP contribution in [0.5, 0.6) is 5.75 Å². The molecule has 3 fully saturated rings. The van der Waals surface area contributed by atoms with E-state index in [-0.39, 0.29) is 67.0 Å². The number of imide groups is 1. The zero-order chi connectivity index (χ0) is 44.9. The standard InChI is InChI=1S/C46H59N11O7/c1-4-35-45(63)54(2)37-26-48-46(53-41(37)57(35)30-9-5-6-10-30)51-34-15-14-28(25-38(34)64-3)42(60)49-29-18-22-55(23-19-29)24-21-47-20-8-13-39(58)50-33-12-7-11-31-32(33)27-56(44(31)62)36-16-17-40(59)52-43(36)61/h7,11-12,14-15,25-26,29-30,35-36,47H,4-6,8-10,13,16-24,27H2,1-3H3,(H,49,60)(H,50,58)(H,48,51,53)(H,52,59,61)/t35-,36?/m1/s1. The first-order chi connectivity index (χ1) is 31.0. The van der Waals surface area contributed by atoms with E-state index in [4.69, 9.17) is 9.72 Å². The molecule has 1 aliphatic carbocycles. The molecule has 18 nitrogen and oxygen atoms in total. The maximum absolute atomic E-state index is 13.4. The second-order valence-electron chi connectivity index (χ2n) is 17.3. The lowest BCUT2D eigenvalue weighted by Crippen LogP contribution is -2.55. The van der Waals surface area contributed by atoms with Crippen LogP contribution in [0.2, 0.25) is 0 Å². The number of piperidine rings is 2. The average molecular weight is 878 g/mol. The van der Waals surface area contributed by atoms with Gasteiger partial charge in [0, 0.05) is 87.1 Å². The summed E-state index contributed by atoms with van der Waals surface area (Å²) in [4.78, 5) is 93.9. The van der Waals surface area contributed by atoms with Crippen LogP contribution in [0.3, 0.4) is 0 Å². The topological polar surface area (TPSA) is 211 Å². The van der Waals surface area contributed by atoms with Crippen LogP contribution in [0.1, 0.15) is 104 Å². The number of hydrogen-bond acceptors (Lipinski definition) is 13. The molecule has 64 heavy (non-hydrogen) atoms. The summed E-state index contributed by atoms with van der Waals surface area (Å²) in [5, 5.41) is 15.2. The second-order valence-corrected chi connectivity index (χ2v) is 17.3. The van der Waals surface area contributed by atoms with Gasteiger partial charge in [-0.05, 0) is 81.8 Å². The summed E-state index contributed by atoms with van der Waals surface area (Å²) in [5.41, 5.74) is 3.51. The Hall–Kier alpha value is -6.14. The van der Waals surface area contributed by atoms with Crippen molar-refractivity contribution >= 4 is 64.3 Å².